The third-order valence-corrected chi connectivity index (χ3v) is 4.54. The number of hydrogen-bond donors (Lipinski definition) is 1. The third-order valence-electron chi connectivity index (χ3n) is 4.54. The maximum Gasteiger partial charge on any atom is 0.339 e. The number of carbonyl (C=O) groups excluding carboxylic acids is 2. The maximum atomic E-state index is 13.0. The molecule has 3 rings (SSSR count). The quantitative estimate of drug-likeness (QED) is 0.665. The van der Waals surface area contributed by atoms with E-state index in [4.69, 9.17) is 4.74 Å². The molecular weight excluding hydrogens is 359 g/mol. The van der Waals surface area contributed by atoms with Crippen molar-refractivity contribution in [2.45, 2.75) is 33.3 Å². The van der Waals surface area contributed by atoms with E-state index in [0.717, 1.165) is 11.3 Å². The predicted octanol–water partition coefficient (Wildman–Crippen LogP) is 4.43. The van der Waals surface area contributed by atoms with Crippen LogP contribution in [0.25, 0.3) is 10.9 Å². The van der Waals surface area contributed by atoms with Crippen molar-refractivity contribution in [3.8, 4) is 0 Å². The number of nitrogens with zero attached hydrogens (tertiary/aromatic N) is 1. The van der Waals surface area contributed by atoms with E-state index in [2.05, 4.69) is 10.3 Å². The number of pyridine rings is 1. The zero-order chi connectivity index (χ0) is 20.3. The second-order valence-electron chi connectivity index (χ2n) is 6.47. The fourth-order valence-corrected chi connectivity index (χ4v) is 3.02. The highest BCUT2D eigenvalue weighted by Crippen LogP contribution is 2.25. The number of carbonyl (C=O) groups is 2. The zero-order valence-corrected chi connectivity index (χ0v) is 16.0. The predicted molar refractivity (Wildman–Crippen MR) is 106 cm³/mol. The topological polar surface area (TPSA) is 68.3 Å². The van der Waals surface area contributed by atoms with E-state index >= 15 is 0 Å². The Morgan fingerprint density at radius 3 is 2.50 bits per heavy atom. The summed E-state index contributed by atoms with van der Waals surface area (Å²) < 4.78 is 18.4. The van der Waals surface area contributed by atoms with Gasteiger partial charge in [-0.1, -0.05) is 25.1 Å². The summed E-state index contributed by atoms with van der Waals surface area (Å²) in [5, 5.41) is 3.29. The van der Waals surface area contributed by atoms with Gasteiger partial charge in [-0.15, -0.1) is 0 Å². The van der Waals surface area contributed by atoms with E-state index in [1.807, 2.05) is 38.1 Å². The number of benzene rings is 2. The largest absolute Gasteiger partial charge is 0.449 e. The number of rotatable bonds is 5. The minimum absolute atomic E-state index is 0.399. The van der Waals surface area contributed by atoms with Gasteiger partial charge in [0, 0.05) is 16.8 Å². The third kappa shape index (κ3) is 4.01. The molecule has 2 aromatic carbocycles. The highest BCUT2D eigenvalue weighted by Gasteiger charge is 2.23. The van der Waals surface area contributed by atoms with Gasteiger partial charge in [-0.05, 0) is 56.2 Å². The molecule has 0 spiro atoms. The molecule has 3 aromatic rings. The number of nitrogens with one attached hydrogen (secondary N) is 1. The highest BCUT2D eigenvalue weighted by molar-refractivity contribution is 6.06. The molecule has 144 valence electrons. The summed E-state index contributed by atoms with van der Waals surface area (Å²) in [6, 6.07) is 12.7. The first kappa shape index (κ1) is 19.5. The Bertz CT molecular complexity index is 1030. The van der Waals surface area contributed by atoms with Crippen molar-refractivity contribution in [1.29, 1.82) is 0 Å². The molecule has 0 saturated carbocycles. The lowest BCUT2D eigenvalue weighted by atomic mass is 10.0. The molecule has 0 aliphatic heterocycles. The number of para-hydroxylation sites is 1. The molecule has 5 nitrogen and oxygen atoms in total. The molecule has 1 aromatic heterocycles. The monoisotopic (exact) mass is 380 g/mol. The molecule has 1 N–H and O–H groups in total. The first-order valence-electron chi connectivity index (χ1n) is 9.06. The number of amides is 1. The summed E-state index contributed by atoms with van der Waals surface area (Å²) in [5.41, 5.74) is 3.11. The fraction of sp³-hybridized carbons (Fsp3) is 0.227. The van der Waals surface area contributed by atoms with Crippen LogP contribution in [0.3, 0.4) is 0 Å². The lowest BCUT2D eigenvalue weighted by Gasteiger charge is -2.17. The minimum Gasteiger partial charge on any atom is -0.449 e. The Morgan fingerprint density at radius 2 is 1.82 bits per heavy atom. The Labute approximate surface area is 162 Å². The van der Waals surface area contributed by atoms with Crippen molar-refractivity contribution in [2.24, 2.45) is 0 Å². The van der Waals surface area contributed by atoms with Gasteiger partial charge in [0.25, 0.3) is 5.91 Å². The van der Waals surface area contributed by atoms with E-state index in [0.29, 0.717) is 28.6 Å². The molecule has 28 heavy (non-hydrogen) atoms. The summed E-state index contributed by atoms with van der Waals surface area (Å²) in [4.78, 5) is 29.8. The molecule has 1 heterocycles. The van der Waals surface area contributed by atoms with Gasteiger partial charge >= 0.3 is 5.97 Å². The van der Waals surface area contributed by atoms with E-state index < -0.39 is 23.8 Å². The Balaban J connectivity index is 1.83. The normalized spacial score (nSPS) is 11.9. The van der Waals surface area contributed by atoms with Crippen molar-refractivity contribution < 1.29 is 18.7 Å². The fourth-order valence-electron chi connectivity index (χ4n) is 3.02. The van der Waals surface area contributed by atoms with Crippen LogP contribution in [0.15, 0.2) is 48.5 Å². The molecule has 6 heteroatoms. The Hall–Kier alpha value is -3.28. The van der Waals surface area contributed by atoms with Crippen LogP contribution in [0, 0.1) is 12.7 Å². The Morgan fingerprint density at radius 1 is 1.14 bits per heavy atom. The van der Waals surface area contributed by atoms with Crippen molar-refractivity contribution in [1.82, 2.24) is 4.98 Å². The first-order chi connectivity index (χ1) is 13.4. The van der Waals surface area contributed by atoms with E-state index in [1.165, 1.54) is 31.2 Å². The number of anilines is 1. The smallest absolute Gasteiger partial charge is 0.339 e. The summed E-state index contributed by atoms with van der Waals surface area (Å²) in [6.45, 7) is 5.30. The van der Waals surface area contributed by atoms with Crippen LogP contribution in [0.2, 0.25) is 0 Å². The van der Waals surface area contributed by atoms with Gasteiger partial charge in [-0.25, -0.2) is 9.18 Å². The zero-order valence-electron chi connectivity index (χ0n) is 16.0. The second-order valence-corrected chi connectivity index (χ2v) is 6.47. The van der Waals surface area contributed by atoms with E-state index in [1.54, 1.807) is 0 Å². The molecule has 0 bridgehead atoms. The highest BCUT2D eigenvalue weighted by atomic mass is 19.1. The summed E-state index contributed by atoms with van der Waals surface area (Å²) >= 11 is 0. The van der Waals surface area contributed by atoms with Gasteiger partial charge in [-0.2, -0.15) is 0 Å². The van der Waals surface area contributed by atoms with Crippen LogP contribution in [0.1, 0.15) is 35.5 Å². The molecule has 0 radical (unpaired) electrons. The number of hydrogen-bond acceptors (Lipinski definition) is 4. The van der Waals surface area contributed by atoms with E-state index in [-0.39, 0.29) is 0 Å². The number of aryl methyl sites for hydroxylation is 1. The van der Waals surface area contributed by atoms with Crippen molar-refractivity contribution in [3.05, 3.63) is 71.2 Å². The molecule has 1 atom stereocenters. The van der Waals surface area contributed by atoms with Crippen LogP contribution in [-0.4, -0.2) is 23.0 Å². The maximum absolute atomic E-state index is 13.0. The minimum atomic E-state index is -1.02. The lowest BCUT2D eigenvalue weighted by molar-refractivity contribution is -0.123. The van der Waals surface area contributed by atoms with Gasteiger partial charge in [0.1, 0.15) is 5.82 Å². The summed E-state index contributed by atoms with van der Waals surface area (Å²) in [6.07, 6.45) is -0.341. The van der Waals surface area contributed by atoms with Crippen molar-refractivity contribution in [2.75, 3.05) is 5.32 Å². The number of esters is 1. The van der Waals surface area contributed by atoms with Crippen LogP contribution in [0.4, 0.5) is 10.1 Å². The van der Waals surface area contributed by atoms with Gasteiger partial charge in [0.15, 0.2) is 6.10 Å². The number of ether oxygens (including phenoxy) is 1. The number of halogens is 1. The van der Waals surface area contributed by atoms with E-state index in [9.17, 15) is 14.0 Å². The van der Waals surface area contributed by atoms with Gasteiger partial charge in [-0.3, -0.25) is 9.78 Å². The number of fused-ring (bicyclic) bond motifs is 1. The van der Waals surface area contributed by atoms with Gasteiger partial charge in [0.2, 0.25) is 0 Å². The first-order valence-corrected chi connectivity index (χ1v) is 9.06. The summed E-state index contributed by atoms with van der Waals surface area (Å²) in [5.74, 6) is -1.47. The molecular formula is C22H21FN2O3. The molecule has 0 saturated heterocycles. The molecule has 0 unspecified atom stereocenters. The van der Waals surface area contributed by atoms with Gasteiger partial charge in [0.05, 0.1) is 11.1 Å². The van der Waals surface area contributed by atoms with Crippen molar-refractivity contribution in [3.63, 3.8) is 0 Å². The second kappa shape index (κ2) is 8.17. The van der Waals surface area contributed by atoms with Crippen LogP contribution in [-0.2, 0) is 16.0 Å². The molecule has 0 aliphatic carbocycles. The van der Waals surface area contributed by atoms with Crippen molar-refractivity contribution >= 4 is 28.5 Å². The molecule has 0 fully saturated rings. The number of aromatic nitrogens is 1. The van der Waals surface area contributed by atoms with Crippen LogP contribution < -0.4 is 5.32 Å². The molecule has 1 amide bonds. The average molecular weight is 380 g/mol. The summed E-state index contributed by atoms with van der Waals surface area (Å²) in [7, 11) is 0. The SMILES string of the molecule is CCc1nc2ccccc2c(C(=O)O[C@H](C)C(=O)Nc2ccc(F)cc2)c1C. The van der Waals surface area contributed by atoms with Crippen LogP contribution >= 0.6 is 0 Å². The van der Waals surface area contributed by atoms with Gasteiger partial charge < -0.3 is 10.1 Å². The molecule has 0 aliphatic rings. The standard InChI is InChI=1S/C22H21FN2O3/c1-4-18-13(2)20(17-7-5-6-8-19(17)25-18)22(27)28-14(3)21(26)24-16-11-9-15(23)10-12-16/h5-12,14H,4H2,1-3H3,(H,24,26)/t14-/m1/s1. The Kier molecular flexibility index (Phi) is 5.68. The lowest BCUT2D eigenvalue weighted by Crippen LogP contribution is -2.30. The average Bonchev–Trinajstić information content (AvgIpc) is 2.69. The van der Waals surface area contributed by atoms with Crippen LogP contribution in [0.5, 0.6) is 0 Å².